The molecule has 0 aliphatic rings. The van der Waals surface area contributed by atoms with Crippen LogP contribution in [-0.2, 0) is 25.3 Å². The largest absolute Gasteiger partial charge is 2.00 e. The third-order valence-corrected chi connectivity index (χ3v) is 8.57. The molecule has 0 saturated carbocycles. The Morgan fingerprint density at radius 3 is 0.487 bits per heavy atom. The molecule has 0 atom stereocenters. The summed E-state index contributed by atoms with van der Waals surface area (Å²) in [5.74, 6) is 1.91. The van der Waals surface area contributed by atoms with Crippen molar-refractivity contribution in [1.29, 1.82) is 0 Å². The summed E-state index contributed by atoms with van der Waals surface area (Å²) in [4.78, 5) is 0. The van der Waals surface area contributed by atoms with Gasteiger partial charge in [0.25, 0.3) is 0 Å². The number of unbranched alkanes of at least 4 members (excludes halogenated alkanes) is 30. The Morgan fingerprint density at radius 1 is 0.231 bits per heavy atom. The first-order chi connectivity index (χ1) is 18.8. The first-order valence-corrected chi connectivity index (χ1v) is 19.1. The molecule has 0 spiro atoms. The zero-order valence-electron chi connectivity index (χ0n) is 27.4. The van der Waals surface area contributed by atoms with E-state index in [1.807, 2.05) is 0 Å². The standard InChI is InChI=1S/2C18H38S.Pb/c2*1-2-3-4-5-6-7-8-9-10-11-12-13-14-15-16-17-18-19;/h2*19H,2-18H2,1H3;/q;;+2/p-2. The molecular weight excluding hydrogens is 704 g/mol. The fraction of sp³-hybridized carbons (Fsp3) is 1.00. The van der Waals surface area contributed by atoms with Crippen molar-refractivity contribution in [2.24, 2.45) is 0 Å². The van der Waals surface area contributed by atoms with Gasteiger partial charge in [0.2, 0.25) is 0 Å². The van der Waals surface area contributed by atoms with Crippen LogP contribution in [0.5, 0.6) is 0 Å². The zero-order chi connectivity index (χ0) is 28.0. The van der Waals surface area contributed by atoms with E-state index in [0.29, 0.717) is 0 Å². The third-order valence-electron chi connectivity index (χ3n) is 8.00. The van der Waals surface area contributed by atoms with Crippen molar-refractivity contribution >= 4 is 52.6 Å². The van der Waals surface area contributed by atoms with Gasteiger partial charge in [0.05, 0.1) is 0 Å². The fourth-order valence-corrected chi connectivity index (χ4v) is 5.71. The van der Waals surface area contributed by atoms with Crippen LogP contribution in [0.2, 0.25) is 0 Å². The summed E-state index contributed by atoms with van der Waals surface area (Å²) in [7, 11) is 0. The molecule has 0 aromatic heterocycles. The Labute approximate surface area is 281 Å². The van der Waals surface area contributed by atoms with Crippen LogP contribution >= 0.6 is 0 Å². The van der Waals surface area contributed by atoms with Crippen molar-refractivity contribution in [2.45, 2.75) is 219 Å². The molecule has 0 bridgehead atoms. The summed E-state index contributed by atoms with van der Waals surface area (Å²) in [6.45, 7) is 4.58. The molecular formula is C36H74PbS2. The molecule has 0 nitrogen and oxygen atoms in total. The fourth-order valence-electron chi connectivity index (χ4n) is 5.30. The van der Waals surface area contributed by atoms with Crippen LogP contribution in [0.25, 0.3) is 0 Å². The molecule has 0 aliphatic carbocycles. The maximum atomic E-state index is 4.95. The van der Waals surface area contributed by atoms with Crippen molar-refractivity contribution in [3.8, 4) is 0 Å². The monoisotopic (exact) mass is 778 g/mol. The van der Waals surface area contributed by atoms with Crippen LogP contribution in [0, 0.1) is 0 Å². The van der Waals surface area contributed by atoms with Gasteiger partial charge < -0.3 is 25.3 Å². The van der Waals surface area contributed by atoms with E-state index in [9.17, 15) is 0 Å². The third kappa shape index (κ3) is 49.6. The molecule has 0 unspecified atom stereocenters. The average molecular weight is 778 g/mol. The van der Waals surface area contributed by atoms with Gasteiger partial charge in [-0.15, -0.1) is 0 Å². The summed E-state index contributed by atoms with van der Waals surface area (Å²) in [5, 5.41) is 0. The molecule has 0 heterocycles. The van der Waals surface area contributed by atoms with Crippen LogP contribution in [0.15, 0.2) is 0 Å². The molecule has 0 rings (SSSR count). The Morgan fingerprint density at radius 2 is 0.359 bits per heavy atom. The minimum atomic E-state index is 0. The van der Waals surface area contributed by atoms with Gasteiger partial charge in [-0.1, -0.05) is 219 Å². The summed E-state index contributed by atoms with van der Waals surface area (Å²) in [5.41, 5.74) is 0. The van der Waals surface area contributed by atoms with Gasteiger partial charge >= 0.3 is 27.3 Å². The van der Waals surface area contributed by atoms with Gasteiger partial charge in [-0.25, -0.2) is 0 Å². The summed E-state index contributed by atoms with van der Waals surface area (Å²) < 4.78 is 0. The topological polar surface area (TPSA) is 0 Å². The van der Waals surface area contributed by atoms with E-state index >= 15 is 0 Å². The Kier molecular flexibility index (Phi) is 53.8. The van der Waals surface area contributed by atoms with Crippen molar-refractivity contribution in [2.75, 3.05) is 11.5 Å². The second-order valence-electron chi connectivity index (χ2n) is 12.0. The molecule has 0 N–H and O–H groups in total. The van der Waals surface area contributed by atoms with Gasteiger partial charge in [0, 0.05) is 0 Å². The van der Waals surface area contributed by atoms with Crippen LogP contribution in [0.3, 0.4) is 0 Å². The van der Waals surface area contributed by atoms with E-state index in [4.69, 9.17) is 25.3 Å². The first-order valence-electron chi connectivity index (χ1n) is 18.0. The van der Waals surface area contributed by atoms with Gasteiger partial charge in [-0.3, -0.25) is 0 Å². The first kappa shape index (κ1) is 45.1. The maximum absolute atomic E-state index is 4.95. The molecule has 0 aliphatic heterocycles. The predicted molar refractivity (Wildman–Crippen MR) is 189 cm³/mol. The van der Waals surface area contributed by atoms with Crippen LogP contribution < -0.4 is 0 Å². The van der Waals surface area contributed by atoms with Crippen molar-refractivity contribution < 1.29 is 0 Å². The van der Waals surface area contributed by atoms with E-state index < -0.39 is 0 Å². The van der Waals surface area contributed by atoms with Crippen molar-refractivity contribution in [3.63, 3.8) is 0 Å². The van der Waals surface area contributed by atoms with Crippen LogP contribution in [0.4, 0.5) is 0 Å². The van der Waals surface area contributed by atoms with E-state index in [0.717, 1.165) is 11.5 Å². The van der Waals surface area contributed by atoms with Gasteiger partial charge in [0.15, 0.2) is 0 Å². The smallest absolute Gasteiger partial charge is 0.793 e. The van der Waals surface area contributed by atoms with Crippen molar-refractivity contribution in [3.05, 3.63) is 0 Å². The maximum Gasteiger partial charge on any atom is 2.00 e. The Balaban J connectivity index is -0.000000648. The van der Waals surface area contributed by atoms with Gasteiger partial charge in [-0.2, -0.15) is 11.5 Å². The molecule has 0 aromatic rings. The molecule has 0 fully saturated rings. The van der Waals surface area contributed by atoms with Gasteiger partial charge in [-0.05, 0) is 0 Å². The van der Waals surface area contributed by atoms with Crippen molar-refractivity contribution in [1.82, 2.24) is 0 Å². The van der Waals surface area contributed by atoms with E-state index in [2.05, 4.69) is 13.8 Å². The Bertz CT molecular complexity index is 298. The molecule has 39 heavy (non-hydrogen) atoms. The van der Waals surface area contributed by atoms with Crippen LogP contribution in [-0.4, -0.2) is 38.8 Å². The van der Waals surface area contributed by atoms with E-state index in [-0.39, 0.29) is 27.3 Å². The summed E-state index contributed by atoms with van der Waals surface area (Å²) in [6, 6.07) is 0. The summed E-state index contributed by atoms with van der Waals surface area (Å²) >= 11 is 9.90. The summed E-state index contributed by atoms with van der Waals surface area (Å²) in [6.07, 6.45) is 45.9. The minimum Gasteiger partial charge on any atom is -0.793 e. The second kappa shape index (κ2) is 46.6. The van der Waals surface area contributed by atoms with Crippen LogP contribution in [0.1, 0.15) is 219 Å². The predicted octanol–water partition coefficient (Wildman–Crippen LogP) is 13.2. The molecule has 0 saturated heterocycles. The number of rotatable bonds is 32. The zero-order valence-corrected chi connectivity index (χ0v) is 32.9. The van der Waals surface area contributed by atoms with E-state index in [1.165, 1.54) is 205 Å². The number of hydrogen-bond acceptors (Lipinski definition) is 2. The minimum absolute atomic E-state index is 0. The Hall–Kier alpha value is 1.62. The molecule has 234 valence electrons. The average Bonchev–Trinajstić information content (AvgIpc) is 2.93. The quantitative estimate of drug-likeness (QED) is 0.0379. The number of hydrogen-bond donors (Lipinski definition) is 0. The molecule has 3 heteroatoms. The normalized spacial score (nSPS) is 10.8. The molecule has 0 aromatic carbocycles. The van der Waals surface area contributed by atoms with E-state index in [1.54, 1.807) is 0 Å². The van der Waals surface area contributed by atoms with Gasteiger partial charge in [0.1, 0.15) is 0 Å². The SMILES string of the molecule is CCCCCCCCCCCCCCCCCC[S-].CCCCCCCCCCCCCCCCCC[S-].[Pb+2]. The molecule has 2 radical (unpaired) electrons. The molecule has 0 amide bonds. The second-order valence-corrected chi connectivity index (χ2v) is 12.8.